The first-order valence-electron chi connectivity index (χ1n) is 5.07. The van der Waals surface area contributed by atoms with Gasteiger partial charge in [0.1, 0.15) is 0 Å². The minimum Gasteiger partial charge on any atom is -0.370 e. The van der Waals surface area contributed by atoms with Gasteiger partial charge in [-0.2, -0.15) is 0 Å². The van der Waals surface area contributed by atoms with Gasteiger partial charge in [0.25, 0.3) is 0 Å². The molecule has 1 aliphatic carbocycles. The molecule has 1 heterocycles. The zero-order valence-corrected chi connectivity index (χ0v) is 7.93. The third kappa shape index (κ3) is 1.02. The van der Waals surface area contributed by atoms with E-state index in [1.165, 1.54) is 5.69 Å². The summed E-state index contributed by atoms with van der Waals surface area (Å²) in [4.78, 5) is 6.04. The second-order valence-corrected chi connectivity index (χ2v) is 4.19. The predicted octanol–water partition coefficient (Wildman–Crippen LogP) is 2.04. The molecule has 0 bridgehead atoms. The molecule has 0 radical (unpaired) electrons. The molecule has 0 N–H and O–H groups in total. The van der Waals surface area contributed by atoms with Gasteiger partial charge in [0.15, 0.2) is 0 Å². The van der Waals surface area contributed by atoms with E-state index in [1.807, 2.05) is 6.07 Å². The molecule has 2 unspecified atom stereocenters. The molecule has 1 saturated heterocycles. The van der Waals surface area contributed by atoms with Crippen LogP contribution in [0.2, 0.25) is 0 Å². The molecule has 1 aliphatic heterocycles. The van der Waals surface area contributed by atoms with Gasteiger partial charge in [0.2, 0.25) is 6.04 Å². The van der Waals surface area contributed by atoms with Crippen LogP contribution in [-0.4, -0.2) is 19.1 Å². The van der Waals surface area contributed by atoms with E-state index in [2.05, 4.69) is 34.0 Å². The topological polar surface area (TPSA) is 7.60 Å². The Morgan fingerprint density at radius 1 is 1.14 bits per heavy atom. The van der Waals surface area contributed by atoms with E-state index < -0.39 is 0 Å². The number of para-hydroxylation sites is 1. The van der Waals surface area contributed by atoms with Crippen molar-refractivity contribution in [3.05, 3.63) is 41.7 Å². The van der Waals surface area contributed by atoms with Crippen LogP contribution in [0.3, 0.4) is 0 Å². The fourth-order valence-electron chi connectivity index (χ4n) is 2.54. The highest BCUT2D eigenvalue weighted by atomic mass is 15.2. The second-order valence-electron chi connectivity index (χ2n) is 4.19. The lowest BCUT2D eigenvalue weighted by Crippen LogP contribution is -2.24. The van der Waals surface area contributed by atoms with Crippen molar-refractivity contribution in [2.75, 3.05) is 18.0 Å². The van der Waals surface area contributed by atoms with Crippen LogP contribution in [-0.2, 0) is 0 Å². The highest BCUT2D eigenvalue weighted by Crippen LogP contribution is 2.48. The molecule has 1 aromatic rings. The molecule has 2 fully saturated rings. The SMILES string of the molecule is [C-]#[N+]C1C2CN(c3ccccc3)CC21. The summed E-state index contributed by atoms with van der Waals surface area (Å²) in [6, 6.07) is 10.8. The summed E-state index contributed by atoms with van der Waals surface area (Å²) in [5.74, 6) is 1.32. The van der Waals surface area contributed by atoms with Gasteiger partial charge in [-0.15, -0.1) is 0 Å². The normalized spacial score (nSPS) is 33.6. The van der Waals surface area contributed by atoms with Gasteiger partial charge in [-0.1, -0.05) is 18.2 Å². The maximum absolute atomic E-state index is 6.99. The average Bonchev–Trinajstić information content (AvgIpc) is 2.72. The monoisotopic (exact) mass is 184 g/mol. The molecule has 1 saturated carbocycles. The number of nitrogens with zero attached hydrogens (tertiary/aromatic N) is 2. The molecule has 70 valence electrons. The van der Waals surface area contributed by atoms with E-state index in [0.29, 0.717) is 17.9 Å². The van der Waals surface area contributed by atoms with Gasteiger partial charge >= 0.3 is 0 Å². The van der Waals surface area contributed by atoms with Gasteiger partial charge in [-0.25, -0.2) is 6.57 Å². The molecule has 3 rings (SSSR count). The highest BCUT2D eigenvalue weighted by molar-refractivity contribution is 5.49. The number of rotatable bonds is 1. The number of anilines is 1. The fourth-order valence-corrected chi connectivity index (χ4v) is 2.54. The molecule has 1 aromatic carbocycles. The molecular weight excluding hydrogens is 172 g/mol. The van der Waals surface area contributed by atoms with Crippen molar-refractivity contribution in [3.63, 3.8) is 0 Å². The van der Waals surface area contributed by atoms with Crippen molar-refractivity contribution in [2.24, 2.45) is 11.8 Å². The summed E-state index contributed by atoms with van der Waals surface area (Å²) < 4.78 is 0. The lowest BCUT2D eigenvalue weighted by atomic mass is 10.3. The zero-order valence-electron chi connectivity index (χ0n) is 7.93. The number of benzene rings is 1. The van der Waals surface area contributed by atoms with E-state index in [0.717, 1.165) is 13.1 Å². The summed E-state index contributed by atoms with van der Waals surface area (Å²) >= 11 is 0. The predicted molar refractivity (Wildman–Crippen MR) is 56.0 cm³/mol. The summed E-state index contributed by atoms with van der Waals surface area (Å²) in [5.41, 5.74) is 1.31. The number of fused-ring (bicyclic) bond motifs is 1. The van der Waals surface area contributed by atoms with E-state index in [9.17, 15) is 0 Å². The van der Waals surface area contributed by atoms with Crippen LogP contribution in [0.15, 0.2) is 30.3 Å². The van der Waals surface area contributed by atoms with Crippen LogP contribution in [0.4, 0.5) is 5.69 Å². The molecular formula is C12H12N2. The van der Waals surface area contributed by atoms with Crippen LogP contribution in [0.25, 0.3) is 4.85 Å². The van der Waals surface area contributed by atoms with Crippen molar-refractivity contribution >= 4 is 5.69 Å². The van der Waals surface area contributed by atoms with Crippen LogP contribution >= 0.6 is 0 Å². The Balaban J connectivity index is 1.73. The zero-order chi connectivity index (χ0) is 9.54. The van der Waals surface area contributed by atoms with Crippen LogP contribution in [0, 0.1) is 18.4 Å². The van der Waals surface area contributed by atoms with Crippen molar-refractivity contribution in [1.29, 1.82) is 0 Å². The Kier molecular flexibility index (Phi) is 1.55. The van der Waals surface area contributed by atoms with Gasteiger partial charge in [-0.3, -0.25) is 0 Å². The summed E-state index contributed by atoms with van der Waals surface area (Å²) in [6.45, 7) is 9.17. The Morgan fingerprint density at radius 2 is 1.79 bits per heavy atom. The third-order valence-corrected chi connectivity index (χ3v) is 3.42. The second kappa shape index (κ2) is 2.75. The molecule has 0 spiro atoms. The maximum Gasteiger partial charge on any atom is 0.233 e. The van der Waals surface area contributed by atoms with Gasteiger partial charge < -0.3 is 9.74 Å². The van der Waals surface area contributed by atoms with Gasteiger partial charge in [-0.05, 0) is 12.1 Å². The minimum absolute atomic E-state index is 0.343. The van der Waals surface area contributed by atoms with Crippen molar-refractivity contribution in [3.8, 4) is 0 Å². The number of piperidine rings is 1. The molecule has 2 nitrogen and oxygen atoms in total. The Bertz CT molecular complexity index is 367. The van der Waals surface area contributed by atoms with Crippen molar-refractivity contribution in [2.45, 2.75) is 6.04 Å². The van der Waals surface area contributed by atoms with Crippen LogP contribution in [0.1, 0.15) is 0 Å². The molecule has 14 heavy (non-hydrogen) atoms. The molecule has 0 amide bonds. The largest absolute Gasteiger partial charge is 0.370 e. The summed E-state index contributed by atoms with van der Waals surface area (Å²) in [6.07, 6.45) is 0. The summed E-state index contributed by atoms with van der Waals surface area (Å²) in [7, 11) is 0. The molecule has 2 atom stereocenters. The average molecular weight is 184 g/mol. The first-order chi connectivity index (χ1) is 6.90. The lowest BCUT2D eigenvalue weighted by Gasteiger charge is -2.19. The minimum atomic E-state index is 0.343. The maximum atomic E-state index is 6.99. The quantitative estimate of drug-likeness (QED) is 0.606. The van der Waals surface area contributed by atoms with Gasteiger partial charge in [0.05, 0.1) is 11.8 Å². The Morgan fingerprint density at radius 3 is 2.36 bits per heavy atom. The van der Waals surface area contributed by atoms with E-state index >= 15 is 0 Å². The van der Waals surface area contributed by atoms with Crippen LogP contribution in [0.5, 0.6) is 0 Å². The van der Waals surface area contributed by atoms with Crippen LogP contribution < -0.4 is 4.90 Å². The third-order valence-electron chi connectivity index (χ3n) is 3.42. The first-order valence-corrected chi connectivity index (χ1v) is 5.07. The Hall–Kier alpha value is -1.49. The standard InChI is InChI=1S/C12H12N2/c1-13-12-10-7-14(8-11(10)12)9-5-3-2-4-6-9/h2-6,10-12H,7-8H2. The number of hydrogen-bond donors (Lipinski definition) is 0. The fraction of sp³-hybridized carbons (Fsp3) is 0.417. The summed E-state index contributed by atoms with van der Waals surface area (Å²) in [5, 5.41) is 0. The first kappa shape index (κ1) is 7.87. The molecule has 2 heteroatoms. The van der Waals surface area contributed by atoms with Gasteiger partial charge in [0, 0.05) is 18.8 Å². The molecule has 2 aliphatic rings. The van der Waals surface area contributed by atoms with E-state index in [-0.39, 0.29) is 0 Å². The van der Waals surface area contributed by atoms with E-state index in [1.54, 1.807) is 0 Å². The Labute approximate surface area is 84.0 Å². The highest BCUT2D eigenvalue weighted by Gasteiger charge is 2.62. The van der Waals surface area contributed by atoms with Crippen molar-refractivity contribution < 1.29 is 0 Å². The molecule has 0 aromatic heterocycles. The van der Waals surface area contributed by atoms with Crippen molar-refractivity contribution in [1.82, 2.24) is 0 Å². The lowest BCUT2D eigenvalue weighted by molar-refractivity contribution is 0.793. The van der Waals surface area contributed by atoms with E-state index in [4.69, 9.17) is 6.57 Å². The smallest absolute Gasteiger partial charge is 0.233 e. The number of hydrogen-bond acceptors (Lipinski definition) is 1.